The average molecular weight is 379 g/mol. The molecule has 2 aromatic heterocycles. The number of halogens is 1. The number of fused-ring (bicyclic) bond motifs is 1. The van der Waals surface area contributed by atoms with E-state index >= 15 is 0 Å². The van der Waals surface area contributed by atoms with Crippen molar-refractivity contribution in [1.29, 1.82) is 0 Å². The molecule has 0 spiro atoms. The summed E-state index contributed by atoms with van der Waals surface area (Å²) in [4.78, 5) is 21.4. The predicted octanol–water partition coefficient (Wildman–Crippen LogP) is 4.31. The molecular weight excluding hydrogens is 364 g/mol. The zero-order valence-corrected chi connectivity index (χ0v) is 15.1. The molecule has 4 rings (SSSR count). The molecule has 4 aromatic rings. The molecule has 2 heterocycles. The van der Waals surface area contributed by atoms with Crippen LogP contribution >= 0.6 is 11.6 Å². The zero-order valence-electron chi connectivity index (χ0n) is 14.4. The quantitative estimate of drug-likeness (QED) is 0.574. The van der Waals surface area contributed by atoms with Crippen LogP contribution in [0.4, 0.5) is 5.69 Å². The second-order valence-electron chi connectivity index (χ2n) is 5.83. The lowest BCUT2D eigenvalue weighted by molar-refractivity contribution is 0.102. The molecule has 0 radical (unpaired) electrons. The van der Waals surface area contributed by atoms with Crippen molar-refractivity contribution in [2.24, 2.45) is 0 Å². The van der Waals surface area contributed by atoms with Crippen LogP contribution < -0.4 is 10.1 Å². The Morgan fingerprint density at radius 3 is 2.89 bits per heavy atom. The molecule has 6 nitrogen and oxygen atoms in total. The topological polar surface area (TPSA) is 68.5 Å². The molecule has 0 aliphatic rings. The summed E-state index contributed by atoms with van der Waals surface area (Å²) in [5.74, 6) is 0.772. The van der Waals surface area contributed by atoms with Gasteiger partial charge in [-0.2, -0.15) is 0 Å². The van der Waals surface area contributed by atoms with E-state index in [0.29, 0.717) is 27.8 Å². The molecule has 134 valence electrons. The van der Waals surface area contributed by atoms with Crippen molar-refractivity contribution in [2.75, 3.05) is 12.4 Å². The fourth-order valence-corrected chi connectivity index (χ4v) is 2.95. The van der Waals surface area contributed by atoms with Gasteiger partial charge < -0.3 is 10.1 Å². The summed E-state index contributed by atoms with van der Waals surface area (Å²) in [5.41, 5.74) is 2.65. The van der Waals surface area contributed by atoms with Crippen molar-refractivity contribution >= 4 is 29.0 Å². The van der Waals surface area contributed by atoms with Gasteiger partial charge in [0.2, 0.25) is 5.78 Å². The van der Waals surface area contributed by atoms with Crippen LogP contribution in [0.2, 0.25) is 5.02 Å². The summed E-state index contributed by atoms with van der Waals surface area (Å²) >= 11 is 6.01. The lowest BCUT2D eigenvalue weighted by Gasteiger charge is -2.10. The Hall–Kier alpha value is -3.38. The van der Waals surface area contributed by atoms with E-state index in [1.54, 1.807) is 24.4 Å². The summed E-state index contributed by atoms with van der Waals surface area (Å²) < 4.78 is 7.09. The van der Waals surface area contributed by atoms with Gasteiger partial charge in [-0.15, -0.1) is 0 Å². The molecule has 2 aromatic carbocycles. The molecule has 0 atom stereocenters. The highest BCUT2D eigenvalue weighted by molar-refractivity contribution is 6.31. The Morgan fingerprint density at radius 1 is 1.19 bits per heavy atom. The Balaban J connectivity index is 1.63. The van der Waals surface area contributed by atoms with E-state index < -0.39 is 0 Å². The molecular formula is C20H15ClN4O2. The number of imidazole rings is 1. The second-order valence-corrected chi connectivity index (χ2v) is 6.27. The third-order valence-electron chi connectivity index (χ3n) is 4.06. The van der Waals surface area contributed by atoms with Crippen LogP contribution in [0.25, 0.3) is 17.0 Å². The lowest BCUT2D eigenvalue weighted by Crippen LogP contribution is -2.13. The number of hydrogen-bond donors (Lipinski definition) is 1. The van der Waals surface area contributed by atoms with Crippen molar-refractivity contribution in [1.82, 2.24) is 14.4 Å². The van der Waals surface area contributed by atoms with E-state index in [2.05, 4.69) is 15.3 Å². The highest BCUT2D eigenvalue weighted by Crippen LogP contribution is 2.25. The Morgan fingerprint density at radius 2 is 2.07 bits per heavy atom. The van der Waals surface area contributed by atoms with Crippen LogP contribution in [0.3, 0.4) is 0 Å². The number of nitrogens with one attached hydrogen (secondary N) is 1. The number of aromatic nitrogens is 3. The van der Waals surface area contributed by atoms with Gasteiger partial charge in [-0.25, -0.2) is 9.97 Å². The van der Waals surface area contributed by atoms with E-state index in [1.807, 2.05) is 47.1 Å². The van der Waals surface area contributed by atoms with Gasteiger partial charge in [-0.05, 0) is 36.4 Å². The third kappa shape index (κ3) is 3.47. The van der Waals surface area contributed by atoms with E-state index in [4.69, 9.17) is 16.3 Å². The molecule has 0 aliphatic heterocycles. The number of carbonyl (C=O) groups is 1. The first-order chi connectivity index (χ1) is 13.1. The second kappa shape index (κ2) is 7.09. The Kier molecular flexibility index (Phi) is 4.48. The van der Waals surface area contributed by atoms with Crippen molar-refractivity contribution in [3.8, 4) is 17.0 Å². The van der Waals surface area contributed by atoms with Gasteiger partial charge in [0, 0.05) is 34.9 Å². The van der Waals surface area contributed by atoms with Crippen LogP contribution in [0.1, 0.15) is 10.4 Å². The first kappa shape index (κ1) is 17.1. The Bertz CT molecular complexity index is 1110. The Labute approximate surface area is 160 Å². The first-order valence-electron chi connectivity index (χ1n) is 8.19. The third-order valence-corrected chi connectivity index (χ3v) is 4.29. The van der Waals surface area contributed by atoms with Gasteiger partial charge in [-0.3, -0.25) is 9.20 Å². The highest BCUT2D eigenvalue weighted by Gasteiger charge is 2.14. The van der Waals surface area contributed by atoms with Crippen LogP contribution in [0.5, 0.6) is 5.75 Å². The average Bonchev–Trinajstić information content (AvgIpc) is 3.12. The van der Waals surface area contributed by atoms with E-state index in [-0.39, 0.29) is 5.91 Å². The number of benzene rings is 2. The number of nitrogens with zero attached hydrogens (tertiary/aromatic N) is 3. The van der Waals surface area contributed by atoms with Crippen molar-refractivity contribution in [3.05, 3.63) is 77.7 Å². The van der Waals surface area contributed by atoms with Crippen molar-refractivity contribution in [2.45, 2.75) is 0 Å². The zero-order chi connectivity index (χ0) is 18.8. The number of hydrogen-bond acceptors (Lipinski definition) is 4. The summed E-state index contributed by atoms with van der Waals surface area (Å²) in [5, 5.41) is 3.34. The molecule has 27 heavy (non-hydrogen) atoms. The summed E-state index contributed by atoms with van der Waals surface area (Å²) in [7, 11) is 1.51. The maximum absolute atomic E-state index is 12.7. The monoisotopic (exact) mass is 378 g/mol. The normalized spacial score (nSPS) is 10.7. The summed E-state index contributed by atoms with van der Waals surface area (Å²) in [6.45, 7) is 0. The molecule has 0 unspecified atom stereocenters. The van der Waals surface area contributed by atoms with E-state index in [1.165, 1.54) is 7.11 Å². The number of amides is 1. The fraction of sp³-hybridized carbons (Fsp3) is 0.0500. The van der Waals surface area contributed by atoms with E-state index in [0.717, 1.165) is 11.3 Å². The molecule has 0 saturated carbocycles. The maximum atomic E-state index is 12.7. The summed E-state index contributed by atoms with van der Waals surface area (Å²) in [6, 6.07) is 14.2. The first-order valence-corrected chi connectivity index (χ1v) is 8.57. The minimum absolute atomic E-state index is 0.303. The largest absolute Gasteiger partial charge is 0.496 e. The van der Waals surface area contributed by atoms with Crippen LogP contribution in [0.15, 0.2) is 67.1 Å². The minimum atomic E-state index is -0.303. The SMILES string of the molecule is COc1ccc(Cl)cc1C(=O)Nc1cccc(-c2cn3cccnc3n2)c1. The highest BCUT2D eigenvalue weighted by atomic mass is 35.5. The molecule has 0 saturated heterocycles. The molecule has 1 amide bonds. The predicted molar refractivity (Wildman–Crippen MR) is 104 cm³/mol. The fourth-order valence-electron chi connectivity index (χ4n) is 2.78. The summed E-state index contributed by atoms with van der Waals surface area (Å²) in [6.07, 6.45) is 5.47. The lowest BCUT2D eigenvalue weighted by atomic mass is 10.1. The maximum Gasteiger partial charge on any atom is 0.259 e. The van der Waals surface area contributed by atoms with Gasteiger partial charge >= 0.3 is 0 Å². The van der Waals surface area contributed by atoms with Gasteiger partial charge in [-0.1, -0.05) is 23.7 Å². The van der Waals surface area contributed by atoms with Gasteiger partial charge in [0.15, 0.2) is 0 Å². The van der Waals surface area contributed by atoms with Crippen LogP contribution in [-0.4, -0.2) is 27.4 Å². The number of methoxy groups -OCH3 is 1. The minimum Gasteiger partial charge on any atom is -0.496 e. The number of carbonyl (C=O) groups excluding carboxylic acids is 1. The van der Waals surface area contributed by atoms with Crippen LogP contribution in [0, 0.1) is 0 Å². The number of rotatable bonds is 4. The molecule has 0 aliphatic carbocycles. The van der Waals surface area contributed by atoms with Gasteiger partial charge in [0.05, 0.1) is 18.4 Å². The molecule has 1 N–H and O–H groups in total. The van der Waals surface area contributed by atoms with Crippen LogP contribution in [-0.2, 0) is 0 Å². The van der Waals surface area contributed by atoms with Gasteiger partial charge in [0.25, 0.3) is 5.91 Å². The van der Waals surface area contributed by atoms with Gasteiger partial charge in [0.1, 0.15) is 5.75 Å². The molecule has 0 bridgehead atoms. The number of anilines is 1. The molecule has 7 heteroatoms. The van der Waals surface area contributed by atoms with Crippen molar-refractivity contribution < 1.29 is 9.53 Å². The van der Waals surface area contributed by atoms with Crippen molar-refractivity contribution in [3.63, 3.8) is 0 Å². The molecule has 0 fully saturated rings. The number of ether oxygens (including phenoxy) is 1. The smallest absolute Gasteiger partial charge is 0.259 e. The van der Waals surface area contributed by atoms with E-state index in [9.17, 15) is 4.79 Å². The standard InChI is InChI=1S/C20H15ClN4O2/c1-27-18-7-6-14(21)11-16(18)19(26)23-15-5-2-4-13(10-15)17-12-25-9-3-8-22-20(25)24-17/h2-12H,1H3,(H,23,26).